The van der Waals surface area contributed by atoms with Crippen molar-refractivity contribution in [2.24, 2.45) is 5.92 Å². The van der Waals surface area contributed by atoms with Gasteiger partial charge in [-0.15, -0.1) is 0 Å². The van der Waals surface area contributed by atoms with E-state index >= 15 is 0 Å². The van der Waals surface area contributed by atoms with Crippen LogP contribution in [-0.2, 0) is 6.54 Å². The Morgan fingerprint density at radius 2 is 1.95 bits per heavy atom. The van der Waals surface area contributed by atoms with Crippen LogP contribution in [0.1, 0.15) is 46.0 Å². The van der Waals surface area contributed by atoms with Gasteiger partial charge in [-0.1, -0.05) is 27.7 Å². The van der Waals surface area contributed by atoms with E-state index in [2.05, 4.69) is 24.1 Å². The summed E-state index contributed by atoms with van der Waals surface area (Å²) in [7, 11) is 0. The lowest BCUT2D eigenvalue weighted by molar-refractivity contribution is -0.0270. The van der Waals surface area contributed by atoms with Crippen LogP contribution >= 0.6 is 0 Å². The van der Waals surface area contributed by atoms with Gasteiger partial charge < -0.3 is 15.2 Å². The average Bonchev–Trinajstić information content (AvgIpc) is 2.34. The van der Waals surface area contributed by atoms with Gasteiger partial charge in [0.25, 0.3) is 0 Å². The molecule has 0 aliphatic rings. The Kier molecular flexibility index (Phi) is 5.96. The number of nitrogens with one attached hydrogen (secondary N) is 1. The molecule has 0 amide bonds. The molecule has 0 spiro atoms. The molecule has 4 heteroatoms. The minimum Gasteiger partial charge on any atom is -0.489 e. The predicted octanol–water partition coefficient (Wildman–Crippen LogP) is 2.67. The number of hydrogen-bond acceptors (Lipinski definition) is 4. The minimum atomic E-state index is -0.840. The quantitative estimate of drug-likeness (QED) is 0.806. The van der Waals surface area contributed by atoms with Gasteiger partial charge in [-0.05, 0) is 31.9 Å². The van der Waals surface area contributed by atoms with Crippen LogP contribution in [0.3, 0.4) is 0 Å². The number of ether oxygens (including phenoxy) is 1. The molecule has 0 fully saturated rings. The molecule has 2 N–H and O–H groups in total. The molecule has 0 aliphatic carbocycles. The fraction of sp³-hybridized carbons (Fsp3) is 0.688. The lowest BCUT2D eigenvalue weighted by Crippen LogP contribution is -2.38. The van der Waals surface area contributed by atoms with E-state index in [1.54, 1.807) is 6.92 Å². The second-order valence-electron chi connectivity index (χ2n) is 6.23. The first-order chi connectivity index (χ1) is 9.22. The van der Waals surface area contributed by atoms with Gasteiger partial charge in [0.05, 0.1) is 11.3 Å². The molecule has 1 rings (SSSR count). The summed E-state index contributed by atoms with van der Waals surface area (Å²) in [6.45, 7) is 12.9. The second-order valence-corrected chi connectivity index (χ2v) is 6.23. The van der Waals surface area contributed by atoms with Gasteiger partial charge in [0.2, 0.25) is 0 Å². The molecule has 0 saturated heterocycles. The Balaban J connectivity index is 2.78. The molecular weight excluding hydrogens is 252 g/mol. The monoisotopic (exact) mass is 280 g/mol. The average molecular weight is 280 g/mol. The van der Waals surface area contributed by atoms with Crippen molar-refractivity contribution in [3.63, 3.8) is 0 Å². The highest BCUT2D eigenvalue weighted by molar-refractivity contribution is 5.29. The highest BCUT2D eigenvalue weighted by atomic mass is 16.5. The number of nitrogens with zero attached hydrogens (tertiary/aromatic N) is 1. The van der Waals surface area contributed by atoms with Crippen LogP contribution in [0, 0.1) is 12.8 Å². The van der Waals surface area contributed by atoms with Gasteiger partial charge in [0, 0.05) is 18.3 Å². The smallest absolute Gasteiger partial charge is 0.142 e. The first-order valence-corrected chi connectivity index (χ1v) is 7.27. The molecule has 0 saturated carbocycles. The van der Waals surface area contributed by atoms with Crippen molar-refractivity contribution >= 4 is 0 Å². The van der Waals surface area contributed by atoms with Gasteiger partial charge in [-0.3, -0.25) is 4.98 Å². The summed E-state index contributed by atoms with van der Waals surface area (Å²) in [5.74, 6) is 0.878. The Labute approximate surface area is 122 Å². The molecular formula is C16H28N2O2. The van der Waals surface area contributed by atoms with E-state index in [9.17, 15) is 5.11 Å². The number of hydrogen-bond donors (Lipinski definition) is 2. The highest BCUT2D eigenvalue weighted by Crippen LogP contribution is 2.21. The van der Waals surface area contributed by atoms with Crippen molar-refractivity contribution < 1.29 is 9.84 Å². The number of aliphatic hydroxyl groups is 1. The van der Waals surface area contributed by atoms with Gasteiger partial charge in [0.1, 0.15) is 12.4 Å². The van der Waals surface area contributed by atoms with Crippen LogP contribution in [0.4, 0.5) is 0 Å². The van der Waals surface area contributed by atoms with Crippen molar-refractivity contribution in [2.45, 2.75) is 59.7 Å². The van der Waals surface area contributed by atoms with Gasteiger partial charge in [-0.2, -0.15) is 0 Å². The number of rotatable bonds is 7. The SMILES string of the molecule is Cc1ccc(OCC(C)(O)C(C)C)c(CNC(C)C)n1. The summed E-state index contributed by atoms with van der Waals surface area (Å²) < 4.78 is 5.80. The Bertz CT molecular complexity index is 428. The summed E-state index contributed by atoms with van der Waals surface area (Å²) in [6.07, 6.45) is 0. The van der Waals surface area contributed by atoms with Crippen LogP contribution in [0.15, 0.2) is 12.1 Å². The number of aryl methyl sites for hydroxylation is 1. The minimum absolute atomic E-state index is 0.137. The largest absolute Gasteiger partial charge is 0.489 e. The second kappa shape index (κ2) is 7.04. The molecule has 114 valence electrons. The summed E-state index contributed by atoms with van der Waals surface area (Å²) >= 11 is 0. The van der Waals surface area contributed by atoms with Crippen molar-refractivity contribution in [1.82, 2.24) is 10.3 Å². The van der Waals surface area contributed by atoms with E-state index in [0.717, 1.165) is 17.1 Å². The van der Waals surface area contributed by atoms with Crippen LogP contribution in [-0.4, -0.2) is 28.3 Å². The Morgan fingerprint density at radius 3 is 2.50 bits per heavy atom. The number of pyridine rings is 1. The molecule has 0 aromatic carbocycles. The summed E-state index contributed by atoms with van der Waals surface area (Å²) in [6, 6.07) is 4.25. The lowest BCUT2D eigenvalue weighted by atomic mass is 9.94. The summed E-state index contributed by atoms with van der Waals surface area (Å²) in [4.78, 5) is 4.52. The zero-order valence-electron chi connectivity index (χ0n) is 13.5. The molecule has 4 nitrogen and oxygen atoms in total. The van der Waals surface area contributed by atoms with E-state index < -0.39 is 5.60 Å². The van der Waals surface area contributed by atoms with E-state index in [1.807, 2.05) is 32.9 Å². The van der Waals surface area contributed by atoms with Crippen LogP contribution in [0.5, 0.6) is 5.75 Å². The third-order valence-corrected chi connectivity index (χ3v) is 3.51. The molecule has 20 heavy (non-hydrogen) atoms. The molecule has 1 unspecified atom stereocenters. The predicted molar refractivity (Wildman–Crippen MR) is 81.9 cm³/mol. The maximum atomic E-state index is 10.3. The van der Waals surface area contributed by atoms with E-state index in [0.29, 0.717) is 12.6 Å². The highest BCUT2D eigenvalue weighted by Gasteiger charge is 2.26. The third-order valence-electron chi connectivity index (χ3n) is 3.51. The third kappa shape index (κ3) is 5.10. The van der Waals surface area contributed by atoms with E-state index in [1.165, 1.54) is 0 Å². The fourth-order valence-corrected chi connectivity index (χ4v) is 1.55. The first kappa shape index (κ1) is 16.9. The fourth-order valence-electron chi connectivity index (χ4n) is 1.55. The lowest BCUT2D eigenvalue weighted by Gasteiger charge is -2.28. The molecule has 1 atom stereocenters. The van der Waals surface area contributed by atoms with Gasteiger partial charge >= 0.3 is 0 Å². The van der Waals surface area contributed by atoms with E-state index in [4.69, 9.17) is 4.74 Å². The van der Waals surface area contributed by atoms with Crippen molar-refractivity contribution in [1.29, 1.82) is 0 Å². The Morgan fingerprint density at radius 1 is 1.30 bits per heavy atom. The standard InChI is InChI=1S/C16H28N2O2/c1-11(2)16(6,19)10-20-15-8-7-13(5)18-14(15)9-17-12(3)4/h7-8,11-12,17,19H,9-10H2,1-6H3. The maximum absolute atomic E-state index is 10.3. The van der Waals surface area contributed by atoms with Crippen LogP contribution in [0.25, 0.3) is 0 Å². The maximum Gasteiger partial charge on any atom is 0.142 e. The van der Waals surface area contributed by atoms with Crippen molar-refractivity contribution in [3.8, 4) is 5.75 Å². The van der Waals surface area contributed by atoms with Crippen molar-refractivity contribution in [2.75, 3.05) is 6.61 Å². The van der Waals surface area contributed by atoms with Crippen molar-refractivity contribution in [3.05, 3.63) is 23.5 Å². The van der Waals surface area contributed by atoms with E-state index in [-0.39, 0.29) is 12.5 Å². The molecule has 0 bridgehead atoms. The molecule has 1 aromatic rings. The van der Waals surface area contributed by atoms with Gasteiger partial charge in [0.15, 0.2) is 0 Å². The zero-order valence-corrected chi connectivity index (χ0v) is 13.5. The first-order valence-electron chi connectivity index (χ1n) is 7.27. The number of aromatic nitrogens is 1. The van der Waals surface area contributed by atoms with Gasteiger partial charge in [-0.25, -0.2) is 0 Å². The normalized spacial score (nSPS) is 14.7. The van der Waals surface area contributed by atoms with Crippen LogP contribution < -0.4 is 10.1 Å². The Hall–Kier alpha value is -1.13. The molecule has 1 aromatic heterocycles. The molecule has 0 aliphatic heterocycles. The topological polar surface area (TPSA) is 54.4 Å². The summed E-state index contributed by atoms with van der Waals surface area (Å²) in [5, 5.41) is 13.6. The molecule has 0 radical (unpaired) electrons. The molecule has 1 heterocycles. The zero-order chi connectivity index (χ0) is 15.3. The van der Waals surface area contributed by atoms with Crippen LogP contribution in [0.2, 0.25) is 0 Å². The summed E-state index contributed by atoms with van der Waals surface area (Å²) in [5.41, 5.74) is 1.01.